The Bertz CT molecular complexity index is 829. The van der Waals surface area contributed by atoms with Gasteiger partial charge < -0.3 is 20.6 Å². The zero-order valence-corrected chi connectivity index (χ0v) is 37.8. The van der Waals surface area contributed by atoms with Crippen LogP contribution in [-0.4, -0.2) is 46.1 Å². The van der Waals surface area contributed by atoms with Gasteiger partial charge in [0.1, 0.15) is 6.10 Å². The Labute approximate surface area is 350 Å². The van der Waals surface area contributed by atoms with Crippen molar-refractivity contribution in [2.75, 3.05) is 6.61 Å². The quantitative estimate of drug-likeness (QED) is 0.0365. The predicted molar refractivity (Wildman–Crippen MR) is 245 cm³/mol. The molecule has 0 aromatic carbocycles. The van der Waals surface area contributed by atoms with Gasteiger partial charge in [-0.1, -0.05) is 263 Å². The van der Waals surface area contributed by atoms with Gasteiger partial charge in [-0.3, -0.25) is 4.79 Å². The third kappa shape index (κ3) is 41.0. The van der Waals surface area contributed by atoms with E-state index in [0.29, 0.717) is 6.42 Å². The molecule has 0 aromatic rings. The van der Waals surface area contributed by atoms with E-state index in [1.54, 1.807) is 6.08 Å². The molecule has 0 heterocycles. The Hall–Kier alpha value is -1.17. The summed E-state index contributed by atoms with van der Waals surface area (Å²) in [5.74, 6) is -0.508. The Balaban J connectivity index is 3.64. The van der Waals surface area contributed by atoms with Gasteiger partial charge in [-0.2, -0.15) is 0 Å². The van der Waals surface area contributed by atoms with Crippen molar-refractivity contribution in [2.24, 2.45) is 0 Å². The van der Waals surface area contributed by atoms with E-state index < -0.39 is 24.2 Å². The highest BCUT2D eigenvalue weighted by atomic mass is 16.3. The topological polar surface area (TPSA) is 89.8 Å². The molecule has 3 unspecified atom stereocenters. The number of unbranched alkanes of at least 4 members (excludes halogenated alkanes) is 36. The maximum Gasteiger partial charge on any atom is 0.249 e. The summed E-state index contributed by atoms with van der Waals surface area (Å²) >= 11 is 0. The maximum atomic E-state index is 12.5. The van der Waals surface area contributed by atoms with Gasteiger partial charge in [0.05, 0.1) is 18.8 Å². The summed E-state index contributed by atoms with van der Waals surface area (Å²) in [4.78, 5) is 12.5. The largest absolute Gasteiger partial charge is 0.394 e. The molecule has 0 aliphatic rings. The Morgan fingerprint density at radius 2 is 0.732 bits per heavy atom. The molecule has 0 fully saturated rings. The number of hydrogen-bond acceptors (Lipinski definition) is 4. The summed E-state index contributed by atoms with van der Waals surface area (Å²) in [6.07, 6.45) is 58.0. The first kappa shape index (κ1) is 54.8. The van der Waals surface area contributed by atoms with E-state index in [2.05, 4.69) is 31.3 Å². The van der Waals surface area contributed by atoms with Crippen molar-refractivity contribution in [3.63, 3.8) is 0 Å². The number of carbonyl (C=O) groups excluding carboxylic acids is 1. The van der Waals surface area contributed by atoms with Gasteiger partial charge >= 0.3 is 0 Å². The van der Waals surface area contributed by atoms with E-state index in [4.69, 9.17) is 0 Å². The smallest absolute Gasteiger partial charge is 0.249 e. The molecule has 332 valence electrons. The molecule has 5 nitrogen and oxygen atoms in total. The third-order valence-corrected chi connectivity index (χ3v) is 11.8. The van der Waals surface area contributed by atoms with E-state index in [1.807, 2.05) is 6.08 Å². The van der Waals surface area contributed by atoms with Crippen molar-refractivity contribution >= 4 is 5.91 Å². The molecule has 4 N–H and O–H groups in total. The molecule has 56 heavy (non-hydrogen) atoms. The number of amides is 1. The SMILES string of the molecule is CCCCCCCCCCCCCCCCCCC/C=C/CC/C=C/C(O)C(CO)NC(=O)C(O)CCCCCCCCCCCCCCCCCCCCC. The van der Waals surface area contributed by atoms with E-state index in [1.165, 1.54) is 212 Å². The van der Waals surface area contributed by atoms with Crippen LogP contribution < -0.4 is 5.32 Å². The number of carbonyl (C=O) groups is 1. The summed E-state index contributed by atoms with van der Waals surface area (Å²) in [6.45, 7) is 4.20. The average Bonchev–Trinajstić information content (AvgIpc) is 3.20. The van der Waals surface area contributed by atoms with Gasteiger partial charge in [-0.05, 0) is 32.1 Å². The molecular formula is C51H99NO4. The molecule has 5 heteroatoms. The summed E-state index contributed by atoms with van der Waals surface area (Å²) in [7, 11) is 0. The second kappa shape index (κ2) is 46.5. The van der Waals surface area contributed by atoms with Crippen LogP contribution in [0.3, 0.4) is 0 Å². The maximum absolute atomic E-state index is 12.5. The minimum Gasteiger partial charge on any atom is -0.394 e. The molecule has 0 aromatic heterocycles. The molecule has 0 aliphatic heterocycles. The van der Waals surface area contributed by atoms with Gasteiger partial charge in [-0.15, -0.1) is 0 Å². The lowest BCUT2D eigenvalue weighted by atomic mass is 10.0. The van der Waals surface area contributed by atoms with Gasteiger partial charge in [0.2, 0.25) is 5.91 Å². The van der Waals surface area contributed by atoms with Crippen LogP contribution in [0.2, 0.25) is 0 Å². The van der Waals surface area contributed by atoms with E-state index in [-0.39, 0.29) is 6.61 Å². The zero-order valence-electron chi connectivity index (χ0n) is 37.8. The minimum absolute atomic E-state index is 0.373. The summed E-state index contributed by atoms with van der Waals surface area (Å²) in [5.41, 5.74) is 0. The second-order valence-electron chi connectivity index (χ2n) is 17.4. The summed E-state index contributed by atoms with van der Waals surface area (Å²) in [6, 6.07) is -0.811. The lowest BCUT2D eigenvalue weighted by Gasteiger charge is -2.21. The fourth-order valence-corrected chi connectivity index (χ4v) is 7.85. The number of allylic oxidation sites excluding steroid dienone is 3. The molecule has 0 aliphatic carbocycles. The second-order valence-corrected chi connectivity index (χ2v) is 17.4. The number of aliphatic hydroxyl groups is 3. The van der Waals surface area contributed by atoms with E-state index in [9.17, 15) is 20.1 Å². The van der Waals surface area contributed by atoms with Crippen LogP contribution in [-0.2, 0) is 4.79 Å². The summed E-state index contributed by atoms with van der Waals surface area (Å²) < 4.78 is 0. The van der Waals surface area contributed by atoms with Crippen LogP contribution in [0.5, 0.6) is 0 Å². The monoisotopic (exact) mass is 790 g/mol. The predicted octanol–water partition coefficient (Wildman–Crippen LogP) is 14.9. The Kier molecular flexibility index (Phi) is 45.5. The molecule has 0 bridgehead atoms. The highest BCUT2D eigenvalue weighted by Gasteiger charge is 2.22. The van der Waals surface area contributed by atoms with Crippen LogP contribution >= 0.6 is 0 Å². The highest BCUT2D eigenvalue weighted by Crippen LogP contribution is 2.17. The number of hydrogen-bond donors (Lipinski definition) is 4. The van der Waals surface area contributed by atoms with Crippen molar-refractivity contribution in [3.05, 3.63) is 24.3 Å². The zero-order chi connectivity index (χ0) is 40.8. The molecule has 0 rings (SSSR count). The van der Waals surface area contributed by atoms with Crippen molar-refractivity contribution < 1.29 is 20.1 Å². The molecule has 0 saturated heterocycles. The van der Waals surface area contributed by atoms with Crippen LogP contribution in [0.15, 0.2) is 24.3 Å². The molecule has 0 saturated carbocycles. The lowest BCUT2D eigenvalue weighted by Crippen LogP contribution is -2.48. The van der Waals surface area contributed by atoms with Gasteiger partial charge in [-0.25, -0.2) is 0 Å². The number of rotatable bonds is 46. The summed E-state index contributed by atoms with van der Waals surface area (Å²) in [5, 5.41) is 33.2. The number of nitrogens with one attached hydrogen (secondary N) is 1. The molecule has 3 atom stereocenters. The van der Waals surface area contributed by atoms with Crippen LogP contribution in [0.4, 0.5) is 0 Å². The van der Waals surface area contributed by atoms with Gasteiger partial charge in [0.15, 0.2) is 0 Å². The van der Waals surface area contributed by atoms with Crippen molar-refractivity contribution in [1.29, 1.82) is 0 Å². The van der Waals surface area contributed by atoms with Gasteiger partial charge in [0, 0.05) is 0 Å². The number of aliphatic hydroxyl groups excluding tert-OH is 3. The third-order valence-electron chi connectivity index (χ3n) is 11.8. The molecule has 1 amide bonds. The van der Waals surface area contributed by atoms with Crippen LogP contribution in [0.1, 0.15) is 271 Å². The first-order chi connectivity index (χ1) is 27.6. The van der Waals surface area contributed by atoms with E-state index >= 15 is 0 Å². The first-order valence-corrected chi connectivity index (χ1v) is 25.2. The molecule has 0 spiro atoms. The molecule has 0 radical (unpaired) electrons. The Morgan fingerprint density at radius 1 is 0.429 bits per heavy atom. The molecular weight excluding hydrogens is 691 g/mol. The lowest BCUT2D eigenvalue weighted by molar-refractivity contribution is -0.131. The van der Waals surface area contributed by atoms with Crippen LogP contribution in [0, 0.1) is 0 Å². The van der Waals surface area contributed by atoms with Gasteiger partial charge in [0.25, 0.3) is 0 Å². The average molecular weight is 790 g/mol. The normalized spacial score (nSPS) is 13.6. The van der Waals surface area contributed by atoms with Crippen LogP contribution in [0.25, 0.3) is 0 Å². The standard InChI is InChI=1S/C51H99NO4/c1-3-5-7-9-11-13-15-17-19-21-23-24-25-26-28-29-31-33-35-37-39-41-43-45-49(54)48(47-53)52-51(56)50(55)46-44-42-40-38-36-34-32-30-27-22-20-18-16-14-12-10-8-6-4-2/h35,37,43,45,48-50,53-55H,3-34,36,38-42,44,46-47H2,1-2H3,(H,52,56)/b37-35+,45-43+. The fraction of sp³-hybridized carbons (Fsp3) is 0.902. The minimum atomic E-state index is -1.10. The van der Waals surface area contributed by atoms with Crippen molar-refractivity contribution in [1.82, 2.24) is 5.32 Å². The van der Waals surface area contributed by atoms with E-state index in [0.717, 1.165) is 38.5 Å². The van der Waals surface area contributed by atoms with Crippen molar-refractivity contribution in [3.8, 4) is 0 Å². The first-order valence-electron chi connectivity index (χ1n) is 25.2. The highest BCUT2D eigenvalue weighted by molar-refractivity contribution is 5.80. The fourth-order valence-electron chi connectivity index (χ4n) is 7.85. The Morgan fingerprint density at radius 3 is 1.09 bits per heavy atom. The van der Waals surface area contributed by atoms with Crippen molar-refractivity contribution in [2.45, 2.75) is 289 Å².